The van der Waals surface area contributed by atoms with Gasteiger partial charge in [-0.3, -0.25) is 14.6 Å². The maximum Gasteiger partial charge on any atom is 0.255 e. The van der Waals surface area contributed by atoms with Gasteiger partial charge in [0, 0.05) is 23.6 Å². The molecule has 3 rings (SSSR count). The second-order valence-corrected chi connectivity index (χ2v) is 6.57. The smallest absolute Gasteiger partial charge is 0.255 e. The highest BCUT2D eigenvalue weighted by Crippen LogP contribution is 2.21. The van der Waals surface area contributed by atoms with Gasteiger partial charge in [-0.15, -0.1) is 0 Å². The lowest BCUT2D eigenvalue weighted by Gasteiger charge is -2.13. The Morgan fingerprint density at radius 3 is 2.65 bits per heavy atom. The molecule has 1 atom stereocenters. The molecular formula is C20H23N3O3. The molecule has 1 fully saturated rings. The predicted molar refractivity (Wildman–Crippen MR) is 100 cm³/mol. The van der Waals surface area contributed by atoms with Crippen LogP contribution in [0.5, 0.6) is 0 Å². The Morgan fingerprint density at radius 1 is 1.15 bits per heavy atom. The second kappa shape index (κ2) is 7.66. The molecule has 2 amide bonds. The minimum absolute atomic E-state index is 0.172. The number of hydrogen-bond acceptors (Lipinski definition) is 4. The van der Waals surface area contributed by atoms with E-state index in [1.54, 1.807) is 24.3 Å². The van der Waals surface area contributed by atoms with Gasteiger partial charge in [-0.05, 0) is 63.4 Å². The van der Waals surface area contributed by atoms with Crippen LogP contribution < -0.4 is 10.6 Å². The van der Waals surface area contributed by atoms with Crippen molar-refractivity contribution in [2.75, 3.05) is 17.2 Å². The lowest BCUT2D eigenvalue weighted by atomic mass is 10.1. The van der Waals surface area contributed by atoms with Gasteiger partial charge in [0.15, 0.2) is 0 Å². The average molecular weight is 353 g/mol. The van der Waals surface area contributed by atoms with Crippen molar-refractivity contribution in [3.63, 3.8) is 0 Å². The lowest BCUT2D eigenvalue weighted by Crippen LogP contribution is -2.27. The number of benzene rings is 1. The third-order valence-corrected chi connectivity index (χ3v) is 4.38. The van der Waals surface area contributed by atoms with E-state index in [2.05, 4.69) is 15.6 Å². The summed E-state index contributed by atoms with van der Waals surface area (Å²) >= 11 is 0. The SMILES string of the molecule is Cc1cc(C)c(NC(=O)c2cccc(NC(=O)C3CCCO3)c2)c(C)n1. The van der Waals surface area contributed by atoms with E-state index in [4.69, 9.17) is 4.74 Å². The molecule has 1 aromatic heterocycles. The van der Waals surface area contributed by atoms with Crippen molar-refractivity contribution >= 4 is 23.2 Å². The zero-order valence-corrected chi connectivity index (χ0v) is 15.3. The van der Waals surface area contributed by atoms with Crippen LogP contribution in [-0.2, 0) is 9.53 Å². The molecule has 2 N–H and O–H groups in total. The molecule has 0 spiro atoms. The van der Waals surface area contributed by atoms with Gasteiger partial charge in [0.25, 0.3) is 11.8 Å². The summed E-state index contributed by atoms with van der Waals surface area (Å²) in [7, 11) is 0. The van der Waals surface area contributed by atoms with Crippen LogP contribution in [0.1, 0.15) is 40.2 Å². The summed E-state index contributed by atoms with van der Waals surface area (Å²) in [6, 6.07) is 8.80. The van der Waals surface area contributed by atoms with Crippen molar-refractivity contribution in [2.45, 2.75) is 39.7 Å². The first-order chi connectivity index (χ1) is 12.4. The summed E-state index contributed by atoms with van der Waals surface area (Å²) < 4.78 is 5.38. The number of anilines is 2. The quantitative estimate of drug-likeness (QED) is 0.883. The maximum absolute atomic E-state index is 12.6. The van der Waals surface area contributed by atoms with Crippen LogP contribution in [0.3, 0.4) is 0 Å². The van der Waals surface area contributed by atoms with Crippen LogP contribution in [0.2, 0.25) is 0 Å². The summed E-state index contributed by atoms with van der Waals surface area (Å²) in [5.74, 6) is -0.412. The first kappa shape index (κ1) is 18.1. The number of ether oxygens (including phenoxy) is 1. The molecule has 1 aliphatic rings. The number of nitrogens with zero attached hydrogens (tertiary/aromatic N) is 1. The molecule has 136 valence electrons. The van der Waals surface area contributed by atoms with E-state index < -0.39 is 6.10 Å². The van der Waals surface area contributed by atoms with Gasteiger partial charge >= 0.3 is 0 Å². The number of pyridine rings is 1. The van der Waals surface area contributed by atoms with Crippen molar-refractivity contribution in [1.29, 1.82) is 0 Å². The van der Waals surface area contributed by atoms with E-state index in [1.807, 2.05) is 26.8 Å². The summed E-state index contributed by atoms with van der Waals surface area (Å²) in [6.07, 6.45) is 1.21. The first-order valence-corrected chi connectivity index (χ1v) is 8.73. The monoisotopic (exact) mass is 353 g/mol. The normalized spacial score (nSPS) is 16.3. The molecular weight excluding hydrogens is 330 g/mol. The Kier molecular flexibility index (Phi) is 5.32. The Labute approximate surface area is 153 Å². The predicted octanol–water partition coefficient (Wildman–Crippen LogP) is 3.38. The number of hydrogen-bond donors (Lipinski definition) is 2. The van der Waals surface area contributed by atoms with Crippen molar-refractivity contribution in [3.8, 4) is 0 Å². The van der Waals surface area contributed by atoms with Gasteiger partial charge < -0.3 is 15.4 Å². The summed E-state index contributed by atoms with van der Waals surface area (Å²) in [6.45, 7) is 6.35. The standard InChI is InChI=1S/C20H23N3O3/c1-12-10-13(2)21-14(3)18(12)23-19(24)15-6-4-7-16(11-15)22-20(25)17-8-5-9-26-17/h4,6-7,10-11,17H,5,8-9H2,1-3H3,(H,22,25)(H,23,24). The number of carbonyl (C=O) groups is 2. The topological polar surface area (TPSA) is 80.3 Å². The van der Waals surface area contributed by atoms with E-state index in [9.17, 15) is 9.59 Å². The van der Waals surface area contributed by atoms with Crippen LogP contribution in [0, 0.1) is 20.8 Å². The number of aryl methyl sites for hydroxylation is 3. The minimum atomic E-state index is -0.406. The number of amides is 2. The van der Waals surface area contributed by atoms with E-state index in [1.165, 1.54) is 0 Å². The van der Waals surface area contributed by atoms with Gasteiger partial charge in [0.05, 0.1) is 11.4 Å². The van der Waals surface area contributed by atoms with Crippen molar-refractivity contribution in [1.82, 2.24) is 4.98 Å². The zero-order chi connectivity index (χ0) is 18.7. The minimum Gasteiger partial charge on any atom is -0.368 e. The van der Waals surface area contributed by atoms with Crippen LogP contribution in [-0.4, -0.2) is 29.5 Å². The van der Waals surface area contributed by atoms with Crippen molar-refractivity contribution in [2.24, 2.45) is 0 Å². The van der Waals surface area contributed by atoms with E-state index in [-0.39, 0.29) is 11.8 Å². The summed E-state index contributed by atoms with van der Waals surface area (Å²) in [5, 5.41) is 5.74. The van der Waals surface area contributed by atoms with Gasteiger partial charge in [-0.25, -0.2) is 0 Å². The second-order valence-electron chi connectivity index (χ2n) is 6.57. The molecule has 26 heavy (non-hydrogen) atoms. The summed E-state index contributed by atoms with van der Waals surface area (Å²) in [5.41, 5.74) is 4.42. The number of nitrogens with one attached hydrogen (secondary N) is 2. The number of aromatic nitrogens is 1. The van der Waals surface area contributed by atoms with Gasteiger partial charge in [0.1, 0.15) is 6.10 Å². The lowest BCUT2D eigenvalue weighted by molar-refractivity contribution is -0.124. The molecule has 2 aromatic rings. The molecule has 1 aliphatic heterocycles. The van der Waals surface area contributed by atoms with Gasteiger partial charge in [-0.1, -0.05) is 6.07 Å². The van der Waals surface area contributed by atoms with Gasteiger partial charge in [-0.2, -0.15) is 0 Å². The number of rotatable bonds is 4. The van der Waals surface area contributed by atoms with Crippen molar-refractivity contribution in [3.05, 3.63) is 52.8 Å². The van der Waals surface area contributed by atoms with Crippen LogP contribution in [0.25, 0.3) is 0 Å². The van der Waals surface area contributed by atoms with E-state index in [0.29, 0.717) is 17.9 Å². The fraction of sp³-hybridized carbons (Fsp3) is 0.350. The van der Waals surface area contributed by atoms with E-state index >= 15 is 0 Å². The molecule has 1 saturated heterocycles. The summed E-state index contributed by atoms with van der Waals surface area (Å²) in [4.78, 5) is 29.2. The third-order valence-electron chi connectivity index (χ3n) is 4.38. The first-order valence-electron chi connectivity index (χ1n) is 8.73. The Morgan fingerprint density at radius 2 is 1.96 bits per heavy atom. The highest BCUT2D eigenvalue weighted by Gasteiger charge is 2.23. The molecule has 6 heteroatoms. The molecule has 2 heterocycles. The van der Waals surface area contributed by atoms with Crippen LogP contribution in [0.15, 0.2) is 30.3 Å². The fourth-order valence-corrected chi connectivity index (χ4v) is 3.14. The maximum atomic E-state index is 12.6. The molecule has 6 nitrogen and oxygen atoms in total. The molecule has 0 saturated carbocycles. The Bertz CT molecular complexity index is 819. The van der Waals surface area contributed by atoms with E-state index in [0.717, 1.165) is 35.5 Å². The molecule has 0 radical (unpaired) electrons. The highest BCUT2D eigenvalue weighted by molar-refractivity contribution is 6.06. The Balaban J connectivity index is 1.73. The number of carbonyl (C=O) groups excluding carboxylic acids is 2. The third kappa shape index (κ3) is 4.08. The molecule has 1 unspecified atom stereocenters. The fourth-order valence-electron chi connectivity index (χ4n) is 3.14. The largest absolute Gasteiger partial charge is 0.368 e. The molecule has 0 aliphatic carbocycles. The molecule has 0 bridgehead atoms. The zero-order valence-electron chi connectivity index (χ0n) is 15.3. The highest BCUT2D eigenvalue weighted by atomic mass is 16.5. The van der Waals surface area contributed by atoms with Crippen LogP contribution in [0.4, 0.5) is 11.4 Å². The average Bonchev–Trinajstić information content (AvgIpc) is 3.13. The van der Waals surface area contributed by atoms with Crippen LogP contribution >= 0.6 is 0 Å². The Hall–Kier alpha value is -2.73. The van der Waals surface area contributed by atoms with Gasteiger partial charge in [0.2, 0.25) is 0 Å². The molecule has 1 aromatic carbocycles. The van der Waals surface area contributed by atoms with Crippen molar-refractivity contribution < 1.29 is 14.3 Å².